The monoisotopic (exact) mass is 571 g/mol. The van der Waals surface area contributed by atoms with Gasteiger partial charge in [0.05, 0.1) is 12.1 Å². The van der Waals surface area contributed by atoms with E-state index in [1.54, 1.807) is 18.2 Å². The normalized spacial score (nSPS) is 21.2. The molecule has 3 aromatic rings. The summed E-state index contributed by atoms with van der Waals surface area (Å²) in [6.07, 6.45) is 5.22. The molecule has 2 atom stereocenters. The molecule has 3 aliphatic carbocycles. The number of carbonyl (C=O) groups excluding carboxylic acids is 1. The van der Waals surface area contributed by atoms with Crippen LogP contribution >= 0.6 is 0 Å². The third kappa shape index (κ3) is 5.77. The smallest absolute Gasteiger partial charge is 0.364 e. The fourth-order valence-electron chi connectivity index (χ4n) is 5.91. The summed E-state index contributed by atoms with van der Waals surface area (Å²) in [6.45, 7) is 2.04. The van der Waals surface area contributed by atoms with E-state index in [2.05, 4.69) is 40.3 Å². The second-order valence-corrected chi connectivity index (χ2v) is 11.7. The second-order valence-electron chi connectivity index (χ2n) is 11.7. The van der Waals surface area contributed by atoms with E-state index in [1.807, 2.05) is 30.3 Å². The molecule has 0 spiro atoms. The number of rotatable bonds is 10. The lowest BCUT2D eigenvalue weighted by molar-refractivity contribution is -0.141. The first-order valence-corrected chi connectivity index (χ1v) is 14.3. The highest BCUT2D eigenvalue weighted by Crippen LogP contribution is 2.42. The molecular weight excluding hydrogens is 539 g/mol. The summed E-state index contributed by atoms with van der Waals surface area (Å²) in [5, 5.41) is 14.2. The van der Waals surface area contributed by atoms with Crippen molar-refractivity contribution in [3.8, 4) is 6.07 Å². The molecule has 216 valence electrons. The van der Waals surface area contributed by atoms with Crippen molar-refractivity contribution in [2.75, 3.05) is 13.1 Å². The summed E-state index contributed by atoms with van der Waals surface area (Å²) in [7, 11) is 0. The average molecular weight is 572 g/mol. The van der Waals surface area contributed by atoms with Gasteiger partial charge < -0.3 is 5.73 Å². The van der Waals surface area contributed by atoms with Crippen LogP contribution in [0.2, 0.25) is 0 Å². The Balaban J connectivity index is 1.38. The Morgan fingerprint density at radius 3 is 2.31 bits per heavy atom. The van der Waals surface area contributed by atoms with Gasteiger partial charge in [0.15, 0.2) is 5.69 Å². The van der Waals surface area contributed by atoms with Gasteiger partial charge in [-0.1, -0.05) is 66.7 Å². The van der Waals surface area contributed by atoms with Crippen LogP contribution in [0.1, 0.15) is 71.0 Å². The molecule has 0 radical (unpaired) electrons. The van der Waals surface area contributed by atoms with E-state index in [9.17, 15) is 23.2 Å². The highest BCUT2D eigenvalue weighted by molar-refractivity contribution is 5.92. The van der Waals surface area contributed by atoms with Crippen LogP contribution in [0.3, 0.4) is 0 Å². The number of halogens is 3. The highest BCUT2D eigenvalue weighted by atomic mass is 19.4. The maximum Gasteiger partial charge on any atom is 0.435 e. The SMILES string of the molecule is N#CC1(c2cccc(C(c3ccccc3)N(CC3CC3)CC3CC3)c2)C=CC=C(n2nc(C(F)(F)F)cc2C(N)=O)C1. The van der Waals surface area contributed by atoms with Crippen LogP contribution in [0.4, 0.5) is 13.2 Å². The Morgan fingerprint density at radius 2 is 1.71 bits per heavy atom. The fraction of sp³-hybridized carbons (Fsp3) is 0.364. The van der Waals surface area contributed by atoms with Gasteiger partial charge in [-0.2, -0.15) is 23.5 Å². The molecule has 2 aromatic carbocycles. The van der Waals surface area contributed by atoms with Gasteiger partial charge in [-0.25, -0.2) is 4.68 Å². The summed E-state index contributed by atoms with van der Waals surface area (Å²) in [4.78, 5) is 14.7. The predicted octanol–water partition coefficient (Wildman–Crippen LogP) is 6.47. The Hall–Kier alpha value is -4.16. The number of benzene rings is 2. The summed E-state index contributed by atoms with van der Waals surface area (Å²) in [5.41, 5.74) is 5.89. The van der Waals surface area contributed by atoms with Crippen LogP contribution in [-0.2, 0) is 11.6 Å². The zero-order valence-electron chi connectivity index (χ0n) is 23.1. The molecule has 1 heterocycles. The third-order valence-electron chi connectivity index (χ3n) is 8.43. The first-order valence-electron chi connectivity index (χ1n) is 14.3. The number of nitrogens with zero attached hydrogens (tertiary/aromatic N) is 4. The number of hydrogen-bond acceptors (Lipinski definition) is 4. The van der Waals surface area contributed by atoms with Crippen LogP contribution in [-0.4, -0.2) is 33.7 Å². The van der Waals surface area contributed by atoms with Crippen molar-refractivity contribution in [2.45, 2.75) is 49.7 Å². The Kier molecular flexibility index (Phi) is 7.27. The molecular formula is C33H32F3N5O. The quantitative estimate of drug-likeness (QED) is 0.302. The van der Waals surface area contributed by atoms with Gasteiger partial charge in [0, 0.05) is 31.3 Å². The largest absolute Gasteiger partial charge is 0.435 e. The minimum Gasteiger partial charge on any atom is -0.364 e. The van der Waals surface area contributed by atoms with Gasteiger partial charge in [-0.15, -0.1) is 0 Å². The predicted molar refractivity (Wildman–Crippen MR) is 153 cm³/mol. The standard InChI is InChI=1S/C33H32F3N5O/c34-33(35,36)29-17-28(31(38)42)41(39-29)27-10-5-15-32(18-27,21-37)26-9-4-8-25(16-26)30(24-6-2-1-3-7-24)40(19-22-11-12-22)20-23-13-14-23/h1-10,15-17,22-23,30H,11-14,18-20H2,(H2,38,42). The van der Waals surface area contributed by atoms with Crippen molar-refractivity contribution >= 4 is 11.6 Å². The number of allylic oxidation sites excluding steroid dienone is 4. The van der Waals surface area contributed by atoms with Gasteiger partial charge in [-0.3, -0.25) is 9.69 Å². The molecule has 42 heavy (non-hydrogen) atoms. The number of alkyl halides is 3. The van der Waals surface area contributed by atoms with Crippen molar-refractivity contribution in [2.24, 2.45) is 17.6 Å². The summed E-state index contributed by atoms with van der Waals surface area (Å²) in [6, 6.07) is 21.4. The van der Waals surface area contributed by atoms with E-state index in [0.29, 0.717) is 17.9 Å². The number of aromatic nitrogens is 2. The van der Waals surface area contributed by atoms with Crippen molar-refractivity contribution < 1.29 is 18.0 Å². The number of nitrogens with two attached hydrogens (primary N) is 1. The summed E-state index contributed by atoms with van der Waals surface area (Å²) >= 11 is 0. The van der Waals surface area contributed by atoms with Crippen LogP contribution in [0, 0.1) is 23.2 Å². The van der Waals surface area contributed by atoms with Crippen molar-refractivity contribution in [1.29, 1.82) is 5.26 Å². The molecule has 2 fully saturated rings. The Bertz CT molecular complexity index is 1560. The van der Waals surface area contributed by atoms with E-state index in [4.69, 9.17) is 5.73 Å². The molecule has 6 rings (SSSR count). The molecule has 2 saturated carbocycles. The van der Waals surface area contributed by atoms with E-state index >= 15 is 0 Å². The topological polar surface area (TPSA) is 87.9 Å². The molecule has 1 amide bonds. The van der Waals surface area contributed by atoms with Crippen LogP contribution < -0.4 is 5.73 Å². The van der Waals surface area contributed by atoms with Crippen molar-refractivity contribution in [1.82, 2.24) is 14.7 Å². The fourth-order valence-corrected chi connectivity index (χ4v) is 5.91. The van der Waals surface area contributed by atoms with E-state index in [1.165, 1.54) is 31.2 Å². The molecule has 0 aliphatic heterocycles. The van der Waals surface area contributed by atoms with E-state index in [0.717, 1.165) is 28.9 Å². The number of nitriles is 1. The van der Waals surface area contributed by atoms with Gasteiger partial charge in [0.25, 0.3) is 5.91 Å². The molecule has 2 N–H and O–H groups in total. The lowest BCUT2D eigenvalue weighted by Gasteiger charge is -2.34. The molecule has 1 aromatic heterocycles. The minimum atomic E-state index is -4.75. The second kappa shape index (κ2) is 10.9. The maximum atomic E-state index is 13.5. The summed E-state index contributed by atoms with van der Waals surface area (Å²) < 4.78 is 41.3. The third-order valence-corrected chi connectivity index (χ3v) is 8.43. The van der Waals surface area contributed by atoms with Gasteiger partial charge >= 0.3 is 6.18 Å². The van der Waals surface area contributed by atoms with Crippen LogP contribution in [0.25, 0.3) is 5.70 Å². The maximum absolute atomic E-state index is 13.5. The highest BCUT2D eigenvalue weighted by Gasteiger charge is 2.39. The number of hydrogen-bond donors (Lipinski definition) is 1. The molecule has 0 bridgehead atoms. The Morgan fingerprint density at radius 1 is 1.05 bits per heavy atom. The molecule has 2 unspecified atom stereocenters. The number of amides is 1. The van der Waals surface area contributed by atoms with E-state index < -0.39 is 23.2 Å². The summed E-state index contributed by atoms with van der Waals surface area (Å²) in [5.74, 6) is 0.371. The lowest BCUT2D eigenvalue weighted by Crippen LogP contribution is -2.34. The van der Waals surface area contributed by atoms with E-state index in [-0.39, 0.29) is 23.9 Å². The zero-order valence-corrected chi connectivity index (χ0v) is 23.1. The van der Waals surface area contributed by atoms with Gasteiger partial charge in [-0.05, 0) is 60.3 Å². The first-order chi connectivity index (χ1) is 20.2. The number of primary amides is 1. The van der Waals surface area contributed by atoms with Crippen molar-refractivity contribution in [3.63, 3.8) is 0 Å². The van der Waals surface area contributed by atoms with Crippen LogP contribution in [0.5, 0.6) is 0 Å². The average Bonchev–Trinajstić information content (AvgIpc) is 3.92. The van der Waals surface area contributed by atoms with Gasteiger partial charge in [0.1, 0.15) is 11.1 Å². The minimum absolute atomic E-state index is 0.00704. The van der Waals surface area contributed by atoms with Crippen molar-refractivity contribution in [3.05, 3.63) is 107 Å². The molecule has 6 nitrogen and oxygen atoms in total. The molecule has 9 heteroatoms. The molecule has 0 saturated heterocycles. The zero-order chi connectivity index (χ0) is 29.5. The first kappa shape index (κ1) is 28.0. The number of carbonyl (C=O) groups is 1. The Labute approximate surface area is 242 Å². The van der Waals surface area contributed by atoms with Crippen LogP contribution in [0.15, 0.2) is 78.9 Å². The molecule has 3 aliphatic rings. The van der Waals surface area contributed by atoms with Gasteiger partial charge in [0.2, 0.25) is 0 Å². The lowest BCUT2D eigenvalue weighted by atomic mass is 9.74.